The van der Waals surface area contributed by atoms with E-state index in [2.05, 4.69) is 4.90 Å². The zero-order valence-electron chi connectivity index (χ0n) is 8.08. The molecule has 1 aliphatic heterocycles. The number of hydrogen-bond acceptors (Lipinski definition) is 2. The van der Waals surface area contributed by atoms with Gasteiger partial charge in [0.25, 0.3) is 0 Å². The summed E-state index contributed by atoms with van der Waals surface area (Å²) in [5.74, 6) is 0. The van der Waals surface area contributed by atoms with Gasteiger partial charge in [0, 0.05) is 25.2 Å². The Morgan fingerprint density at radius 2 is 1.92 bits per heavy atom. The second-order valence-electron chi connectivity index (χ2n) is 4.40. The SMILES string of the molecule is NC1CCCCC1N1CCC(F)C1. The molecule has 1 saturated carbocycles. The van der Waals surface area contributed by atoms with Crippen molar-refractivity contribution in [2.75, 3.05) is 13.1 Å². The van der Waals surface area contributed by atoms with E-state index in [1.807, 2.05) is 0 Å². The third kappa shape index (κ3) is 2.02. The van der Waals surface area contributed by atoms with Crippen LogP contribution in [-0.4, -0.2) is 36.2 Å². The first-order valence-corrected chi connectivity index (χ1v) is 5.41. The van der Waals surface area contributed by atoms with Gasteiger partial charge in [0.15, 0.2) is 0 Å². The molecule has 1 aliphatic carbocycles. The number of rotatable bonds is 1. The van der Waals surface area contributed by atoms with Gasteiger partial charge in [-0.2, -0.15) is 0 Å². The van der Waals surface area contributed by atoms with Crippen LogP contribution in [0.1, 0.15) is 32.1 Å². The lowest BCUT2D eigenvalue weighted by Crippen LogP contribution is -2.48. The molecular weight excluding hydrogens is 167 g/mol. The molecule has 2 fully saturated rings. The number of halogens is 1. The van der Waals surface area contributed by atoms with Crippen LogP contribution in [0.15, 0.2) is 0 Å². The van der Waals surface area contributed by atoms with Crippen LogP contribution in [0.2, 0.25) is 0 Å². The average molecular weight is 186 g/mol. The number of hydrogen-bond donors (Lipinski definition) is 1. The zero-order chi connectivity index (χ0) is 9.26. The molecule has 1 heterocycles. The van der Waals surface area contributed by atoms with E-state index in [1.54, 1.807) is 0 Å². The molecule has 3 unspecified atom stereocenters. The minimum absolute atomic E-state index is 0.291. The summed E-state index contributed by atoms with van der Waals surface area (Å²) in [6.07, 6.45) is 4.93. The van der Waals surface area contributed by atoms with Gasteiger partial charge in [-0.25, -0.2) is 4.39 Å². The molecule has 2 nitrogen and oxygen atoms in total. The van der Waals surface area contributed by atoms with E-state index >= 15 is 0 Å². The largest absolute Gasteiger partial charge is 0.326 e. The van der Waals surface area contributed by atoms with E-state index in [9.17, 15) is 4.39 Å². The van der Waals surface area contributed by atoms with E-state index in [-0.39, 0.29) is 0 Å². The Bertz CT molecular complexity index is 174. The first-order chi connectivity index (χ1) is 6.27. The Morgan fingerprint density at radius 1 is 1.15 bits per heavy atom. The van der Waals surface area contributed by atoms with Gasteiger partial charge >= 0.3 is 0 Å². The van der Waals surface area contributed by atoms with Crippen LogP contribution in [0.5, 0.6) is 0 Å². The highest BCUT2D eigenvalue weighted by Gasteiger charge is 2.32. The van der Waals surface area contributed by atoms with Crippen LogP contribution in [0.3, 0.4) is 0 Å². The maximum atomic E-state index is 13.0. The van der Waals surface area contributed by atoms with Crippen LogP contribution in [-0.2, 0) is 0 Å². The molecular formula is C10H19FN2. The summed E-state index contributed by atoms with van der Waals surface area (Å²) in [6.45, 7) is 1.54. The normalized spacial score (nSPS) is 42.5. The van der Waals surface area contributed by atoms with Crippen LogP contribution in [0, 0.1) is 0 Å². The molecule has 2 rings (SSSR count). The minimum Gasteiger partial charge on any atom is -0.326 e. The second-order valence-corrected chi connectivity index (χ2v) is 4.40. The van der Waals surface area contributed by atoms with Crippen molar-refractivity contribution < 1.29 is 4.39 Å². The predicted octanol–water partition coefficient (Wildman–Crippen LogP) is 1.30. The third-order valence-electron chi connectivity index (χ3n) is 3.41. The fourth-order valence-corrected chi connectivity index (χ4v) is 2.64. The van der Waals surface area contributed by atoms with Crippen molar-refractivity contribution in [3.05, 3.63) is 0 Å². The van der Waals surface area contributed by atoms with Gasteiger partial charge in [-0.3, -0.25) is 4.90 Å². The highest BCUT2D eigenvalue weighted by molar-refractivity contribution is 4.89. The molecule has 0 radical (unpaired) electrons. The quantitative estimate of drug-likeness (QED) is 0.669. The Labute approximate surface area is 79.3 Å². The van der Waals surface area contributed by atoms with Crippen molar-refractivity contribution in [3.8, 4) is 0 Å². The molecule has 2 N–H and O–H groups in total. The van der Waals surface area contributed by atoms with Gasteiger partial charge in [-0.15, -0.1) is 0 Å². The van der Waals surface area contributed by atoms with Gasteiger partial charge in [-0.05, 0) is 19.3 Å². The van der Waals surface area contributed by atoms with Gasteiger partial charge in [0.2, 0.25) is 0 Å². The number of nitrogens with zero attached hydrogens (tertiary/aromatic N) is 1. The molecule has 76 valence electrons. The molecule has 0 aromatic rings. The number of likely N-dealkylation sites (tertiary alicyclic amines) is 1. The third-order valence-corrected chi connectivity index (χ3v) is 3.41. The van der Waals surface area contributed by atoms with Crippen LogP contribution in [0.4, 0.5) is 4.39 Å². The first-order valence-electron chi connectivity index (χ1n) is 5.41. The van der Waals surface area contributed by atoms with Crippen LogP contribution >= 0.6 is 0 Å². The summed E-state index contributed by atoms with van der Waals surface area (Å²) in [5, 5.41) is 0. The van der Waals surface area contributed by atoms with Gasteiger partial charge in [0.05, 0.1) is 0 Å². The monoisotopic (exact) mass is 186 g/mol. The molecule has 3 atom stereocenters. The fraction of sp³-hybridized carbons (Fsp3) is 1.00. The highest BCUT2D eigenvalue weighted by atomic mass is 19.1. The minimum atomic E-state index is -0.603. The molecule has 0 aromatic carbocycles. The summed E-state index contributed by atoms with van der Waals surface area (Å²) in [7, 11) is 0. The predicted molar refractivity (Wildman–Crippen MR) is 51.3 cm³/mol. The molecule has 13 heavy (non-hydrogen) atoms. The maximum absolute atomic E-state index is 13.0. The van der Waals surface area contributed by atoms with Crippen LogP contribution in [0.25, 0.3) is 0 Å². The standard InChI is InChI=1S/C10H19FN2/c11-8-5-6-13(7-8)10-4-2-1-3-9(10)12/h8-10H,1-7,12H2. The van der Waals surface area contributed by atoms with Gasteiger partial charge in [-0.1, -0.05) is 12.8 Å². The summed E-state index contributed by atoms with van der Waals surface area (Å²) >= 11 is 0. The molecule has 0 aromatic heterocycles. The molecule has 0 spiro atoms. The molecule has 3 heteroatoms. The van der Waals surface area contributed by atoms with Crippen molar-refractivity contribution in [2.45, 2.75) is 50.4 Å². The Hall–Kier alpha value is -0.150. The lowest BCUT2D eigenvalue weighted by atomic mass is 9.90. The molecule has 0 amide bonds. The lowest BCUT2D eigenvalue weighted by molar-refractivity contribution is 0.157. The van der Waals surface area contributed by atoms with E-state index in [0.717, 1.165) is 13.0 Å². The van der Waals surface area contributed by atoms with Gasteiger partial charge in [0.1, 0.15) is 6.17 Å². The van der Waals surface area contributed by atoms with Crippen molar-refractivity contribution in [3.63, 3.8) is 0 Å². The number of alkyl halides is 1. The first kappa shape index (κ1) is 9.41. The summed E-state index contributed by atoms with van der Waals surface area (Å²) < 4.78 is 13.0. The van der Waals surface area contributed by atoms with Crippen LogP contribution < -0.4 is 5.73 Å². The van der Waals surface area contributed by atoms with Crippen molar-refractivity contribution >= 4 is 0 Å². The smallest absolute Gasteiger partial charge is 0.114 e. The van der Waals surface area contributed by atoms with E-state index in [4.69, 9.17) is 5.73 Å². The number of nitrogens with two attached hydrogens (primary N) is 1. The Balaban J connectivity index is 1.91. The van der Waals surface area contributed by atoms with Gasteiger partial charge < -0.3 is 5.73 Å². The molecule has 0 bridgehead atoms. The topological polar surface area (TPSA) is 29.3 Å². The highest BCUT2D eigenvalue weighted by Crippen LogP contribution is 2.25. The zero-order valence-corrected chi connectivity index (χ0v) is 8.08. The summed E-state index contributed by atoms with van der Waals surface area (Å²) in [5.41, 5.74) is 6.04. The maximum Gasteiger partial charge on any atom is 0.114 e. The second kappa shape index (κ2) is 3.93. The Kier molecular flexibility index (Phi) is 2.84. The fourth-order valence-electron chi connectivity index (χ4n) is 2.64. The molecule has 2 aliphatic rings. The Morgan fingerprint density at radius 3 is 2.54 bits per heavy atom. The van der Waals surface area contributed by atoms with E-state index < -0.39 is 6.17 Å². The van der Waals surface area contributed by atoms with Crippen molar-refractivity contribution in [1.82, 2.24) is 4.90 Å². The van der Waals surface area contributed by atoms with E-state index in [0.29, 0.717) is 25.0 Å². The summed E-state index contributed by atoms with van der Waals surface area (Å²) in [6, 6.07) is 0.758. The van der Waals surface area contributed by atoms with Crippen molar-refractivity contribution in [1.29, 1.82) is 0 Å². The molecule has 1 saturated heterocycles. The summed E-state index contributed by atoms with van der Waals surface area (Å²) in [4.78, 5) is 2.26. The van der Waals surface area contributed by atoms with E-state index in [1.165, 1.54) is 19.3 Å². The van der Waals surface area contributed by atoms with Crippen molar-refractivity contribution in [2.24, 2.45) is 5.73 Å². The average Bonchev–Trinajstić information content (AvgIpc) is 2.53. The lowest BCUT2D eigenvalue weighted by Gasteiger charge is -2.35.